The van der Waals surface area contributed by atoms with Crippen molar-refractivity contribution in [2.45, 2.75) is 12.6 Å². The van der Waals surface area contributed by atoms with Gasteiger partial charge in [-0.3, -0.25) is 4.90 Å². The highest BCUT2D eigenvalue weighted by atomic mass is 79.9. The summed E-state index contributed by atoms with van der Waals surface area (Å²) in [7, 11) is 0. The minimum absolute atomic E-state index is 0.0858. The van der Waals surface area contributed by atoms with Gasteiger partial charge in [0.25, 0.3) is 0 Å². The topological polar surface area (TPSA) is 111 Å². The minimum atomic E-state index is -1.26. The van der Waals surface area contributed by atoms with Crippen LogP contribution >= 0.6 is 15.9 Å². The molecule has 2 aliphatic heterocycles. The van der Waals surface area contributed by atoms with Crippen LogP contribution < -0.4 is 4.74 Å². The molecule has 2 fully saturated rings. The average Bonchev–Trinajstić information content (AvgIpc) is 2.81. The Labute approximate surface area is 212 Å². The van der Waals surface area contributed by atoms with E-state index in [1.165, 1.54) is 5.56 Å². The second-order valence-corrected chi connectivity index (χ2v) is 9.06. The van der Waals surface area contributed by atoms with Crippen LogP contribution in [0.25, 0.3) is 0 Å². The maximum atomic E-state index is 12.7. The third-order valence-electron chi connectivity index (χ3n) is 5.48. The predicted molar refractivity (Wildman–Crippen MR) is 133 cm³/mol. The zero-order valence-corrected chi connectivity index (χ0v) is 20.7. The van der Waals surface area contributed by atoms with Gasteiger partial charge < -0.3 is 24.7 Å². The molecule has 0 spiro atoms. The number of carbonyl (C=O) groups excluding carboxylic acids is 1. The molecule has 2 aromatic carbocycles. The molecule has 4 rings (SSSR count). The van der Waals surface area contributed by atoms with Crippen LogP contribution in [0.1, 0.15) is 5.56 Å². The van der Waals surface area contributed by atoms with Gasteiger partial charge in [0.05, 0.1) is 13.1 Å². The highest BCUT2D eigenvalue weighted by Crippen LogP contribution is 2.23. The molecule has 0 radical (unpaired) electrons. The fraction of sp³-hybridized carbons (Fsp3) is 0.320. The minimum Gasteiger partial charge on any atom is -0.487 e. The smallest absolute Gasteiger partial charge is 0.328 e. The van der Waals surface area contributed by atoms with Gasteiger partial charge in [0.1, 0.15) is 11.9 Å². The second-order valence-electron chi connectivity index (χ2n) is 8.14. The monoisotopic (exact) mass is 545 g/mol. The number of aliphatic carboxylic acids is 2. The number of carboxylic acids is 2. The summed E-state index contributed by atoms with van der Waals surface area (Å²) >= 11 is 3.45. The second kappa shape index (κ2) is 12.9. The molecular formula is C25H28BrN3O6. The van der Waals surface area contributed by atoms with Crippen molar-refractivity contribution in [1.29, 1.82) is 0 Å². The van der Waals surface area contributed by atoms with Crippen LogP contribution in [0.3, 0.4) is 0 Å². The number of likely N-dealkylation sites (tertiary alicyclic amines) is 1. The Balaban J connectivity index is 0.000000371. The number of piperazine rings is 1. The molecule has 0 unspecified atom stereocenters. The molecule has 0 bridgehead atoms. The van der Waals surface area contributed by atoms with Crippen molar-refractivity contribution in [2.75, 3.05) is 39.3 Å². The molecule has 2 saturated heterocycles. The molecule has 2 amide bonds. The Morgan fingerprint density at radius 1 is 0.886 bits per heavy atom. The van der Waals surface area contributed by atoms with Crippen LogP contribution in [0.15, 0.2) is 71.2 Å². The molecule has 0 saturated carbocycles. The van der Waals surface area contributed by atoms with Crippen LogP contribution in [0, 0.1) is 0 Å². The summed E-state index contributed by atoms with van der Waals surface area (Å²) < 4.78 is 6.93. The van der Waals surface area contributed by atoms with E-state index in [0.717, 1.165) is 42.9 Å². The molecule has 35 heavy (non-hydrogen) atoms. The normalized spacial score (nSPS) is 16.3. The van der Waals surface area contributed by atoms with E-state index in [1.807, 2.05) is 40.1 Å². The lowest BCUT2D eigenvalue weighted by atomic mass is 10.1. The van der Waals surface area contributed by atoms with Crippen molar-refractivity contribution in [3.05, 3.63) is 76.8 Å². The Hall–Kier alpha value is -3.37. The zero-order chi connectivity index (χ0) is 25.2. The predicted octanol–water partition coefficient (Wildman–Crippen LogP) is 3.16. The number of hydrogen-bond donors (Lipinski definition) is 2. The van der Waals surface area contributed by atoms with Crippen LogP contribution in [0.5, 0.6) is 5.75 Å². The molecule has 10 heteroatoms. The lowest BCUT2D eigenvalue weighted by Gasteiger charge is -2.43. The van der Waals surface area contributed by atoms with E-state index < -0.39 is 11.9 Å². The van der Waals surface area contributed by atoms with E-state index in [9.17, 15) is 14.4 Å². The molecule has 0 atom stereocenters. The standard InChI is InChI=1S/C21H24BrN3O2.C4H4O4/c22-18-7-4-8-19(13-18)27-20-15-25(16-20)21(26)24-11-9-23(10-12-24)14-17-5-2-1-3-6-17;5-3(6)1-2-4(7)8/h1-8,13,20H,9-12,14-16H2;1-2H,(H,5,6)(H,7,8)/b;2-1+. The summed E-state index contributed by atoms with van der Waals surface area (Å²) in [5, 5.41) is 15.6. The van der Waals surface area contributed by atoms with Crippen molar-refractivity contribution < 1.29 is 29.3 Å². The number of nitrogens with zero attached hydrogens (tertiary/aromatic N) is 3. The molecule has 2 aromatic rings. The Bertz CT molecular complexity index is 1020. The van der Waals surface area contributed by atoms with Gasteiger partial charge in [-0.05, 0) is 23.8 Å². The molecular weight excluding hydrogens is 518 g/mol. The first-order valence-corrected chi connectivity index (χ1v) is 12.0. The molecule has 2 aliphatic rings. The van der Waals surface area contributed by atoms with E-state index in [2.05, 4.69) is 45.1 Å². The lowest BCUT2D eigenvalue weighted by molar-refractivity contribution is -0.134. The maximum Gasteiger partial charge on any atom is 0.328 e. The number of halogens is 1. The van der Waals surface area contributed by atoms with Crippen LogP contribution in [0.4, 0.5) is 4.79 Å². The highest BCUT2D eigenvalue weighted by Gasteiger charge is 2.35. The number of urea groups is 1. The van der Waals surface area contributed by atoms with Crippen LogP contribution in [0.2, 0.25) is 0 Å². The number of amides is 2. The molecule has 0 aromatic heterocycles. The summed E-state index contributed by atoms with van der Waals surface area (Å²) in [6, 6.07) is 18.5. The number of benzene rings is 2. The third kappa shape index (κ3) is 8.73. The Kier molecular flexibility index (Phi) is 9.68. The first kappa shape index (κ1) is 26.2. The number of hydrogen-bond acceptors (Lipinski definition) is 5. The van der Waals surface area contributed by atoms with Gasteiger partial charge in [0.2, 0.25) is 0 Å². The van der Waals surface area contributed by atoms with Gasteiger partial charge in [-0.2, -0.15) is 0 Å². The van der Waals surface area contributed by atoms with Crippen molar-refractivity contribution in [1.82, 2.24) is 14.7 Å². The summed E-state index contributed by atoms with van der Waals surface area (Å²) in [6.07, 6.45) is 1.20. The van der Waals surface area contributed by atoms with Gasteiger partial charge in [0.15, 0.2) is 0 Å². The summed E-state index contributed by atoms with van der Waals surface area (Å²) in [4.78, 5) is 38.0. The summed E-state index contributed by atoms with van der Waals surface area (Å²) in [5.41, 5.74) is 1.33. The van der Waals surface area contributed by atoms with Crippen LogP contribution in [-0.4, -0.2) is 88.3 Å². The first-order chi connectivity index (χ1) is 16.8. The summed E-state index contributed by atoms with van der Waals surface area (Å²) in [6.45, 7) is 5.71. The van der Waals surface area contributed by atoms with Gasteiger partial charge in [-0.15, -0.1) is 0 Å². The van der Waals surface area contributed by atoms with E-state index in [4.69, 9.17) is 14.9 Å². The van der Waals surface area contributed by atoms with Crippen molar-refractivity contribution in [3.63, 3.8) is 0 Å². The number of ether oxygens (including phenoxy) is 1. The Morgan fingerprint density at radius 3 is 2.09 bits per heavy atom. The van der Waals surface area contributed by atoms with Gasteiger partial charge in [-0.1, -0.05) is 52.3 Å². The van der Waals surface area contributed by atoms with Gasteiger partial charge >= 0.3 is 18.0 Å². The summed E-state index contributed by atoms with van der Waals surface area (Å²) in [5.74, 6) is -1.67. The van der Waals surface area contributed by atoms with Gasteiger partial charge in [0, 0.05) is 49.3 Å². The number of carboxylic acid groups (broad SMARTS) is 2. The zero-order valence-electron chi connectivity index (χ0n) is 19.1. The van der Waals surface area contributed by atoms with Crippen molar-refractivity contribution in [2.24, 2.45) is 0 Å². The number of carbonyl (C=O) groups is 3. The van der Waals surface area contributed by atoms with E-state index in [-0.39, 0.29) is 12.1 Å². The van der Waals surface area contributed by atoms with Crippen molar-refractivity contribution in [3.8, 4) is 5.75 Å². The molecule has 186 valence electrons. The molecule has 9 nitrogen and oxygen atoms in total. The fourth-order valence-corrected chi connectivity index (χ4v) is 4.06. The third-order valence-corrected chi connectivity index (χ3v) is 5.97. The number of rotatable bonds is 6. The lowest BCUT2D eigenvalue weighted by Crippen LogP contribution is -2.61. The van der Waals surface area contributed by atoms with E-state index in [1.54, 1.807) is 0 Å². The molecule has 0 aliphatic carbocycles. The van der Waals surface area contributed by atoms with Crippen molar-refractivity contribution >= 4 is 33.9 Å². The largest absolute Gasteiger partial charge is 0.487 e. The fourth-order valence-electron chi connectivity index (χ4n) is 3.68. The molecule has 2 N–H and O–H groups in total. The van der Waals surface area contributed by atoms with E-state index >= 15 is 0 Å². The first-order valence-electron chi connectivity index (χ1n) is 11.2. The average molecular weight is 546 g/mol. The molecule has 2 heterocycles. The van der Waals surface area contributed by atoms with Gasteiger partial charge in [-0.25, -0.2) is 14.4 Å². The Morgan fingerprint density at radius 2 is 1.51 bits per heavy atom. The van der Waals surface area contributed by atoms with E-state index in [0.29, 0.717) is 25.2 Å². The SMILES string of the molecule is O=C(N1CCN(Cc2ccccc2)CC1)N1CC(Oc2cccc(Br)c2)C1.O=C(O)/C=C/C(=O)O. The highest BCUT2D eigenvalue weighted by molar-refractivity contribution is 9.10. The van der Waals surface area contributed by atoms with Crippen LogP contribution in [-0.2, 0) is 16.1 Å². The quantitative estimate of drug-likeness (QED) is 0.536. The maximum absolute atomic E-state index is 12.7.